The van der Waals surface area contributed by atoms with Gasteiger partial charge in [-0.05, 0) is 33.3 Å². The molecular formula is C19H28N2O3. The number of nitrogens with zero attached hydrogens (tertiary/aromatic N) is 2. The molecule has 5 heteroatoms. The van der Waals surface area contributed by atoms with Crippen molar-refractivity contribution in [2.24, 2.45) is 5.92 Å². The summed E-state index contributed by atoms with van der Waals surface area (Å²) in [5.74, 6) is -0.356. The fourth-order valence-corrected chi connectivity index (χ4v) is 3.25. The van der Waals surface area contributed by atoms with Gasteiger partial charge in [-0.2, -0.15) is 0 Å². The van der Waals surface area contributed by atoms with E-state index in [1.54, 1.807) is 23.6 Å². The molecule has 2 rings (SSSR count). The largest absolute Gasteiger partial charge is 0.389 e. The van der Waals surface area contributed by atoms with Gasteiger partial charge in [0, 0.05) is 26.1 Å². The van der Waals surface area contributed by atoms with Gasteiger partial charge in [0.15, 0.2) is 0 Å². The van der Waals surface area contributed by atoms with Gasteiger partial charge in [-0.25, -0.2) is 0 Å². The van der Waals surface area contributed by atoms with Crippen LogP contribution in [-0.4, -0.2) is 52.0 Å². The molecular weight excluding hydrogens is 304 g/mol. The van der Waals surface area contributed by atoms with Crippen molar-refractivity contribution in [1.82, 2.24) is 9.80 Å². The number of amides is 2. The summed E-state index contributed by atoms with van der Waals surface area (Å²) in [7, 11) is 0. The fourth-order valence-electron chi connectivity index (χ4n) is 3.25. The average molecular weight is 332 g/mol. The molecule has 1 aromatic rings. The molecule has 5 nitrogen and oxygen atoms in total. The summed E-state index contributed by atoms with van der Waals surface area (Å²) in [5.41, 5.74) is 0.133. The first-order valence-corrected chi connectivity index (χ1v) is 8.58. The molecule has 0 radical (unpaired) electrons. The van der Waals surface area contributed by atoms with E-state index in [4.69, 9.17) is 0 Å². The number of benzene rings is 1. The molecule has 1 fully saturated rings. The first-order valence-electron chi connectivity index (χ1n) is 8.58. The second kappa shape index (κ2) is 7.34. The highest BCUT2D eigenvalue weighted by atomic mass is 16.3. The summed E-state index contributed by atoms with van der Waals surface area (Å²) < 4.78 is 0. The third kappa shape index (κ3) is 4.35. The smallest absolute Gasteiger partial charge is 0.228 e. The Bertz CT molecular complexity index is 580. The van der Waals surface area contributed by atoms with Gasteiger partial charge >= 0.3 is 0 Å². The Labute approximate surface area is 144 Å². The molecule has 2 unspecified atom stereocenters. The maximum absolute atomic E-state index is 12.7. The van der Waals surface area contributed by atoms with Crippen LogP contribution >= 0.6 is 0 Å². The summed E-state index contributed by atoms with van der Waals surface area (Å²) >= 11 is 0. The Hall–Kier alpha value is -1.88. The lowest BCUT2D eigenvalue weighted by molar-refractivity contribution is -0.138. The molecule has 2 atom stereocenters. The van der Waals surface area contributed by atoms with E-state index in [-0.39, 0.29) is 36.7 Å². The second-order valence-electron chi connectivity index (χ2n) is 7.20. The number of hydrogen-bond acceptors (Lipinski definition) is 3. The standard InChI is InChI=1S/C19H28N2O3/c1-5-20(13-19(3,4)24)18(23)16-11-17(22)21(12-16)14(2)15-9-7-6-8-10-15/h6-10,14,16,24H,5,11-13H2,1-4H3. The molecule has 24 heavy (non-hydrogen) atoms. The zero-order chi connectivity index (χ0) is 17.9. The first-order chi connectivity index (χ1) is 11.2. The van der Waals surface area contributed by atoms with Gasteiger partial charge in [-0.15, -0.1) is 0 Å². The highest BCUT2D eigenvalue weighted by Gasteiger charge is 2.39. The van der Waals surface area contributed by atoms with Crippen LogP contribution in [0.5, 0.6) is 0 Å². The molecule has 0 saturated carbocycles. The van der Waals surface area contributed by atoms with E-state index < -0.39 is 5.60 Å². The van der Waals surface area contributed by atoms with Crippen molar-refractivity contribution in [3.63, 3.8) is 0 Å². The number of aliphatic hydroxyl groups is 1. The van der Waals surface area contributed by atoms with E-state index in [1.165, 1.54) is 0 Å². The van der Waals surface area contributed by atoms with E-state index in [0.717, 1.165) is 5.56 Å². The SMILES string of the molecule is CCN(CC(C)(C)O)C(=O)C1CC(=O)N(C(C)c2ccccc2)C1. The number of likely N-dealkylation sites (tertiary alicyclic amines) is 1. The minimum atomic E-state index is -0.939. The lowest BCUT2D eigenvalue weighted by Gasteiger charge is -2.30. The Balaban J connectivity index is 2.07. The maximum atomic E-state index is 12.7. The molecule has 1 aromatic carbocycles. The molecule has 1 aliphatic rings. The Morgan fingerprint density at radius 1 is 1.38 bits per heavy atom. The molecule has 1 aliphatic heterocycles. The van der Waals surface area contributed by atoms with Gasteiger partial charge in [0.25, 0.3) is 0 Å². The summed E-state index contributed by atoms with van der Waals surface area (Å²) in [4.78, 5) is 28.6. The van der Waals surface area contributed by atoms with Crippen LogP contribution in [0.15, 0.2) is 30.3 Å². The number of carbonyl (C=O) groups is 2. The number of hydrogen-bond donors (Lipinski definition) is 1. The third-order valence-corrected chi connectivity index (χ3v) is 4.53. The number of carbonyl (C=O) groups excluding carboxylic acids is 2. The van der Waals surface area contributed by atoms with Crippen molar-refractivity contribution in [3.8, 4) is 0 Å². The lowest BCUT2D eigenvalue weighted by Crippen LogP contribution is -2.45. The van der Waals surface area contributed by atoms with E-state index in [9.17, 15) is 14.7 Å². The second-order valence-corrected chi connectivity index (χ2v) is 7.20. The van der Waals surface area contributed by atoms with Crippen LogP contribution in [0.3, 0.4) is 0 Å². The molecule has 132 valence electrons. The fraction of sp³-hybridized carbons (Fsp3) is 0.579. The highest BCUT2D eigenvalue weighted by Crippen LogP contribution is 2.29. The van der Waals surface area contributed by atoms with Crippen LogP contribution in [-0.2, 0) is 9.59 Å². The molecule has 1 N–H and O–H groups in total. The molecule has 1 saturated heterocycles. The van der Waals surface area contributed by atoms with Gasteiger partial charge < -0.3 is 14.9 Å². The zero-order valence-electron chi connectivity index (χ0n) is 15.0. The normalized spacial score (nSPS) is 19.5. The van der Waals surface area contributed by atoms with Crippen LogP contribution in [0.2, 0.25) is 0 Å². The molecule has 0 bridgehead atoms. The van der Waals surface area contributed by atoms with Crippen molar-refractivity contribution in [1.29, 1.82) is 0 Å². The van der Waals surface area contributed by atoms with E-state index in [0.29, 0.717) is 13.1 Å². The van der Waals surface area contributed by atoms with Gasteiger partial charge in [-0.1, -0.05) is 30.3 Å². The maximum Gasteiger partial charge on any atom is 0.228 e. The topological polar surface area (TPSA) is 60.9 Å². The first kappa shape index (κ1) is 18.5. The minimum absolute atomic E-state index is 0.0176. The molecule has 2 amide bonds. The summed E-state index contributed by atoms with van der Waals surface area (Å²) in [6.45, 7) is 8.51. The zero-order valence-corrected chi connectivity index (χ0v) is 15.0. The van der Waals surface area contributed by atoms with Gasteiger partial charge in [0.05, 0.1) is 17.6 Å². The lowest BCUT2D eigenvalue weighted by atomic mass is 10.0. The predicted molar refractivity (Wildman–Crippen MR) is 93.2 cm³/mol. The molecule has 0 aromatic heterocycles. The summed E-state index contributed by atoms with van der Waals surface area (Å²) in [6.07, 6.45) is 0.248. The Morgan fingerprint density at radius 3 is 2.54 bits per heavy atom. The predicted octanol–water partition coefficient (Wildman–Crippen LogP) is 2.22. The van der Waals surface area contributed by atoms with E-state index in [2.05, 4.69) is 0 Å². The third-order valence-electron chi connectivity index (χ3n) is 4.53. The van der Waals surface area contributed by atoms with Crippen molar-refractivity contribution >= 4 is 11.8 Å². The van der Waals surface area contributed by atoms with Crippen molar-refractivity contribution in [2.45, 2.75) is 45.8 Å². The average Bonchev–Trinajstić information content (AvgIpc) is 2.93. The summed E-state index contributed by atoms with van der Waals surface area (Å²) in [6, 6.07) is 9.82. The quantitative estimate of drug-likeness (QED) is 0.869. The van der Waals surface area contributed by atoms with Crippen LogP contribution in [0.25, 0.3) is 0 Å². The molecule has 0 spiro atoms. The summed E-state index contributed by atoms with van der Waals surface area (Å²) in [5, 5.41) is 9.98. The van der Waals surface area contributed by atoms with Crippen molar-refractivity contribution < 1.29 is 14.7 Å². The van der Waals surface area contributed by atoms with E-state index >= 15 is 0 Å². The van der Waals surface area contributed by atoms with Crippen LogP contribution in [0.4, 0.5) is 0 Å². The number of rotatable bonds is 6. The Morgan fingerprint density at radius 2 is 2.00 bits per heavy atom. The van der Waals surface area contributed by atoms with Crippen LogP contribution < -0.4 is 0 Å². The highest BCUT2D eigenvalue weighted by molar-refractivity contribution is 5.89. The van der Waals surface area contributed by atoms with Gasteiger partial charge in [0.2, 0.25) is 11.8 Å². The van der Waals surface area contributed by atoms with E-state index in [1.807, 2.05) is 44.2 Å². The molecule has 0 aliphatic carbocycles. The van der Waals surface area contributed by atoms with Crippen LogP contribution in [0, 0.1) is 5.92 Å². The monoisotopic (exact) mass is 332 g/mol. The Kier molecular flexibility index (Phi) is 5.65. The van der Waals surface area contributed by atoms with Crippen LogP contribution in [0.1, 0.15) is 45.7 Å². The van der Waals surface area contributed by atoms with Gasteiger partial charge in [0.1, 0.15) is 0 Å². The minimum Gasteiger partial charge on any atom is -0.389 e. The van der Waals surface area contributed by atoms with Gasteiger partial charge in [-0.3, -0.25) is 9.59 Å². The molecule has 1 heterocycles. The number of likely N-dealkylation sites (N-methyl/N-ethyl adjacent to an activating group) is 1. The van der Waals surface area contributed by atoms with Crippen molar-refractivity contribution in [2.75, 3.05) is 19.6 Å². The van der Waals surface area contributed by atoms with Crippen molar-refractivity contribution in [3.05, 3.63) is 35.9 Å².